The van der Waals surface area contributed by atoms with E-state index in [1.54, 1.807) is 24.3 Å². The summed E-state index contributed by atoms with van der Waals surface area (Å²) in [7, 11) is 0. The van der Waals surface area contributed by atoms with Crippen LogP contribution in [0.3, 0.4) is 0 Å². The van der Waals surface area contributed by atoms with Crippen LogP contribution in [0.1, 0.15) is 10.4 Å². The SMILES string of the molecule is O=C(COC(=O)c1ccccc1Br)Nc1cccc2ccccc12. The van der Waals surface area contributed by atoms with E-state index >= 15 is 0 Å². The van der Waals surface area contributed by atoms with Crippen molar-refractivity contribution in [3.05, 3.63) is 76.8 Å². The standard InChI is InChI=1S/C19H14BrNO3/c20-16-10-4-3-9-15(16)19(23)24-12-18(22)21-17-11-5-7-13-6-1-2-8-14(13)17/h1-11H,12H2,(H,21,22). The summed E-state index contributed by atoms with van der Waals surface area (Å²) in [6.45, 7) is -0.344. The highest BCUT2D eigenvalue weighted by Gasteiger charge is 2.13. The monoisotopic (exact) mass is 383 g/mol. The molecule has 0 aliphatic rings. The number of nitrogens with one attached hydrogen (secondary N) is 1. The third-order valence-corrected chi connectivity index (χ3v) is 4.18. The fourth-order valence-electron chi connectivity index (χ4n) is 2.36. The van der Waals surface area contributed by atoms with E-state index in [2.05, 4.69) is 21.2 Å². The first-order chi connectivity index (χ1) is 11.6. The first-order valence-corrected chi connectivity index (χ1v) is 8.14. The number of rotatable bonds is 4. The van der Waals surface area contributed by atoms with Gasteiger partial charge >= 0.3 is 5.97 Å². The molecule has 24 heavy (non-hydrogen) atoms. The number of hydrogen-bond donors (Lipinski definition) is 1. The maximum atomic E-state index is 12.1. The number of hydrogen-bond acceptors (Lipinski definition) is 3. The van der Waals surface area contributed by atoms with Gasteiger partial charge in [-0.2, -0.15) is 0 Å². The third kappa shape index (κ3) is 3.63. The summed E-state index contributed by atoms with van der Waals surface area (Å²) in [6, 6.07) is 20.3. The van der Waals surface area contributed by atoms with E-state index < -0.39 is 5.97 Å². The van der Waals surface area contributed by atoms with Crippen molar-refractivity contribution in [2.45, 2.75) is 0 Å². The number of anilines is 1. The molecule has 0 radical (unpaired) electrons. The summed E-state index contributed by atoms with van der Waals surface area (Å²) in [5.74, 6) is -0.928. The Morgan fingerprint density at radius 3 is 2.46 bits per heavy atom. The quantitative estimate of drug-likeness (QED) is 0.679. The molecule has 0 fully saturated rings. The van der Waals surface area contributed by atoms with Crippen LogP contribution < -0.4 is 5.32 Å². The first-order valence-electron chi connectivity index (χ1n) is 7.34. The van der Waals surface area contributed by atoms with Crippen molar-refractivity contribution in [2.75, 3.05) is 11.9 Å². The minimum atomic E-state index is -0.546. The van der Waals surface area contributed by atoms with Crippen LogP contribution in [0, 0.1) is 0 Å². The summed E-state index contributed by atoms with van der Waals surface area (Å²) in [6.07, 6.45) is 0. The van der Waals surface area contributed by atoms with E-state index in [0.717, 1.165) is 10.8 Å². The lowest BCUT2D eigenvalue weighted by molar-refractivity contribution is -0.119. The average Bonchev–Trinajstić information content (AvgIpc) is 2.60. The zero-order valence-electron chi connectivity index (χ0n) is 12.7. The summed E-state index contributed by atoms with van der Waals surface area (Å²) in [5.41, 5.74) is 1.07. The van der Waals surface area contributed by atoms with Crippen LogP contribution in [0.15, 0.2) is 71.2 Å². The highest BCUT2D eigenvalue weighted by Crippen LogP contribution is 2.23. The van der Waals surface area contributed by atoms with Crippen molar-refractivity contribution in [3.8, 4) is 0 Å². The lowest BCUT2D eigenvalue weighted by atomic mass is 10.1. The third-order valence-electron chi connectivity index (χ3n) is 3.49. The van der Waals surface area contributed by atoms with Crippen molar-refractivity contribution >= 4 is 44.3 Å². The molecule has 0 aliphatic heterocycles. The molecule has 3 aromatic rings. The topological polar surface area (TPSA) is 55.4 Å². The molecule has 0 heterocycles. The van der Waals surface area contributed by atoms with Gasteiger partial charge in [0.1, 0.15) is 0 Å². The van der Waals surface area contributed by atoms with Crippen LogP contribution in [0.25, 0.3) is 10.8 Å². The molecule has 3 aromatic carbocycles. The molecule has 1 amide bonds. The van der Waals surface area contributed by atoms with Gasteiger partial charge in [-0.3, -0.25) is 4.79 Å². The number of carbonyl (C=O) groups is 2. The zero-order chi connectivity index (χ0) is 16.9. The van der Waals surface area contributed by atoms with Gasteiger partial charge < -0.3 is 10.1 Å². The number of amides is 1. The Morgan fingerprint density at radius 2 is 1.62 bits per heavy atom. The van der Waals surface area contributed by atoms with Crippen LogP contribution >= 0.6 is 15.9 Å². The fraction of sp³-hybridized carbons (Fsp3) is 0.0526. The van der Waals surface area contributed by atoms with Crippen molar-refractivity contribution < 1.29 is 14.3 Å². The van der Waals surface area contributed by atoms with Crippen molar-refractivity contribution in [1.82, 2.24) is 0 Å². The number of benzene rings is 3. The second-order valence-electron chi connectivity index (χ2n) is 5.13. The van der Waals surface area contributed by atoms with E-state index in [1.165, 1.54) is 0 Å². The molecule has 120 valence electrons. The van der Waals surface area contributed by atoms with Crippen molar-refractivity contribution in [1.29, 1.82) is 0 Å². The van der Waals surface area contributed by atoms with E-state index in [9.17, 15) is 9.59 Å². The van der Waals surface area contributed by atoms with E-state index in [4.69, 9.17) is 4.74 Å². The second-order valence-corrected chi connectivity index (χ2v) is 5.99. The molecule has 0 aromatic heterocycles. The Balaban J connectivity index is 1.66. The molecule has 0 atom stereocenters. The molecule has 0 spiro atoms. The second kappa shape index (κ2) is 7.27. The van der Waals surface area contributed by atoms with Crippen LogP contribution in [-0.4, -0.2) is 18.5 Å². The number of halogens is 1. The molecular formula is C19H14BrNO3. The first kappa shape index (κ1) is 16.2. The average molecular weight is 384 g/mol. The molecule has 0 aliphatic carbocycles. The Labute approximate surface area is 147 Å². The predicted molar refractivity (Wildman–Crippen MR) is 97.0 cm³/mol. The maximum absolute atomic E-state index is 12.1. The normalized spacial score (nSPS) is 10.4. The number of ether oxygens (including phenoxy) is 1. The van der Waals surface area contributed by atoms with E-state index in [1.807, 2.05) is 42.5 Å². The smallest absolute Gasteiger partial charge is 0.339 e. The summed E-state index contributed by atoms with van der Waals surface area (Å²) < 4.78 is 5.70. The van der Waals surface area contributed by atoms with Gasteiger partial charge in [0.05, 0.1) is 5.56 Å². The fourth-order valence-corrected chi connectivity index (χ4v) is 2.80. The van der Waals surface area contributed by atoms with Crippen molar-refractivity contribution in [2.24, 2.45) is 0 Å². The Kier molecular flexibility index (Phi) is 4.91. The van der Waals surface area contributed by atoms with Gasteiger partial charge in [0.15, 0.2) is 6.61 Å². The Hall–Kier alpha value is -2.66. The zero-order valence-corrected chi connectivity index (χ0v) is 14.2. The van der Waals surface area contributed by atoms with Crippen molar-refractivity contribution in [3.63, 3.8) is 0 Å². The Morgan fingerprint density at radius 1 is 0.917 bits per heavy atom. The van der Waals surface area contributed by atoms with E-state index in [-0.39, 0.29) is 12.5 Å². The lowest BCUT2D eigenvalue weighted by Crippen LogP contribution is -2.21. The minimum absolute atomic E-state index is 0.344. The molecule has 0 saturated carbocycles. The highest BCUT2D eigenvalue weighted by atomic mass is 79.9. The van der Waals surface area contributed by atoms with Gasteiger partial charge in [0.25, 0.3) is 5.91 Å². The number of fused-ring (bicyclic) bond motifs is 1. The summed E-state index contributed by atoms with van der Waals surface area (Å²) in [5, 5.41) is 4.74. The molecule has 4 nitrogen and oxygen atoms in total. The van der Waals surface area contributed by atoms with E-state index in [0.29, 0.717) is 15.7 Å². The van der Waals surface area contributed by atoms with Gasteiger partial charge in [-0.05, 0) is 39.5 Å². The summed E-state index contributed by atoms with van der Waals surface area (Å²) >= 11 is 3.28. The Bertz CT molecular complexity index is 903. The van der Waals surface area contributed by atoms with Crippen LogP contribution in [0.5, 0.6) is 0 Å². The molecule has 5 heteroatoms. The number of carbonyl (C=O) groups excluding carboxylic acids is 2. The molecular weight excluding hydrogens is 370 g/mol. The van der Waals surface area contributed by atoms with Crippen LogP contribution in [-0.2, 0) is 9.53 Å². The van der Waals surface area contributed by atoms with Gasteiger partial charge in [-0.25, -0.2) is 4.79 Å². The molecule has 0 unspecified atom stereocenters. The molecule has 3 rings (SSSR count). The molecule has 0 saturated heterocycles. The predicted octanol–water partition coefficient (Wildman–Crippen LogP) is 4.40. The van der Waals surface area contributed by atoms with Gasteiger partial charge in [-0.1, -0.05) is 48.5 Å². The van der Waals surface area contributed by atoms with Crippen LogP contribution in [0.4, 0.5) is 5.69 Å². The highest BCUT2D eigenvalue weighted by molar-refractivity contribution is 9.10. The van der Waals surface area contributed by atoms with Crippen LogP contribution in [0.2, 0.25) is 0 Å². The van der Waals surface area contributed by atoms with Gasteiger partial charge in [0, 0.05) is 15.5 Å². The van der Waals surface area contributed by atoms with Gasteiger partial charge in [0.2, 0.25) is 0 Å². The molecule has 1 N–H and O–H groups in total. The van der Waals surface area contributed by atoms with Gasteiger partial charge in [-0.15, -0.1) is 0 Å². The largest absolute Gasteiger partial charge is 0.452 e. The lowest BCUT2D eigenvalue weighted by Gasteiger charge is -2.09. The maximum Gasteiger partial charge on any atom is 0.339 e. The number of esters is 1. The molecule has 0 bridgehead atoms. The minimum Gasteiger partial charge on any atom is -0.452 e. The summed E-state index contributed by atoms with van der Waals surface area (Å²) in [4.78, 5) is 24.1.